The zero-order valence-electron chi connectivity index (χ0n) is 6.21. The number of nitrogens with two attached hydrogens (primary N) is 1. The highest BCUT2D eigenvalue weighted by atomic mass is 35.5. The van der Waals surface area contributed by atoms with Gasteiger partial charge in [0, 0.05) is 6.20 Å². The van der Waals surface area contributed by atoms with Crippen LogP contribution in [-0.2, 0) is 0 Å². The van der Waals surface area contributed by atoms with Crippen molar-refractivity contribution in [3.8, 4) is 0 Å². The van der Waals surface area contributed by atoms with Gasteiger partial charge in [0.05, 0.1) is 10.7 Å². The molecule has 0 aliphatic heterocycles. The summed E-state index contributed by atoms with van der Waals surface area (Å²) in [5, 5.41) is 7.05. The monoisotopic (exact) mass is 171 g/mol. The van der Waals surface area contributed by atoms with Crippen molar-refractivity contribution in [2.75, 3.05) is 0 Å². The van der Waals surface area contributed by atoms with E-state index in [2.05, 4.69) is 4.99 Å². The van der Waals surface area contributed by atoms with Gasteiger partial charge in [-0.1, -0.05) is 17.7 Å². The minimum Gasteiger partial charge on any atom is -0.403 e. The Morgan fingerprint density at radius 2 is 2.27 bits per heavy atom. The summed E-state index contributed by atoms with van der Waals surface area (Å²) in [4.78, 5) is 3.68. The predicted molar refractivity (Wildman–Crippen MR) is 49.2 cm³/mol. The zero-order chi connectivity index (χ0) is 8.69. The first-order valence-corrected chi connectivity index (χ1v) is 3.41. The topological polar surface area (TPSA) is 62.2 Å². The van der Waals surface area contributed by atoms with Crippen molar-refractivity contribution in [1.82, 2.24) is 0 Å². The Balaban J connectivity index is 4.61. The lowest BCUT2D eigenvalue weighted by atomic mass is 10.3. The van der Waals surface area contributed by atoms with Gasteiger partial charge in [-0.25, -0.2) is 4.99 Å². The van der Waals surface area contributed by atoms with Crippen LogP contribution >= 0.6 is 11.6 Å². The van der Waals surface area contributed by atoms with Gasteiger partial charge in [-0.3, -0.25) is 5.41 Å². The summed E-state index contributed by atoms with van der Waals surface area (Å²) in [5.41, 5.74) is 5.64. The number of hydrogen-bond donors (Lipinski definition) is 2. The van der Waals surface area contributed by atoms with E-state index in [4.69, 9.17) is 22.7 Å². The molecule has 0 aromatic carbocycles. The zero-order valence-corrected chi connectivity index (χ0v) is 6.97. The normalized spacial score (nSPS) is 14.0. The second-order valence-corrected chi connectivity index (χ2v) is 2.07. The van der Waals surface area contributed by atoms with E-state index in [9.17, 15) is 0 Å². The lowest BCUT2D eigenvalue weighted by molar-refractivity contribution is 1.51. The fourth-order valence-electron chi connectivity index (χ4n) is 0.497. The molecule has 60 valence electrons. The van der Waals surface area contributed by atoms with Crippen molar-refractivity contribution in [3.63, 3.8) is 0 Å². The van der Waals surface area contributed by atoms with Crippen molar-refractivity contribution < 1.29 is 0 Å². The van der Waals surface area contributed by atoms with E-state index < -0.39 is 0 Å². The minimum atomic E-state index is 0.339. The van der Waals surface area contributed by atoms with Crippen molar-refractivity contribution in [3.05, 3.63) is 23.4 Å². The first-order chi connectivity index (χ1) is 5.26. The summed E-state index contributed by atoms with van der Waals surface area (Å²) >= 11 is 5.64. The molecule has 4 heteroatoms. The number of rotatable bonds is 3. The van der Waals surface area contributed by atoms with E-state index in [0.717, 1.165) is 6.34 Å². The average Bonchev–Trinajstić information content (AvgIpc) is 2.03. The maximum absolute atomic E-state index is 6.71. The second kappa shape index (κ2) is 5.68. The molecular weight excluding hydrogens is 162 g/mol. The van der Waals surface area contributed by atoms with Crippen molar-refractivity contribution >= 4 is 23.7 Å². The number of halogens is 1. The fraction of sp³-hybridized carbons (Fsp3) is 0.143. The molecule has 0 aromatic heterocycles. The molecule has 0 aliphatic carbocycles. The highest BCUT2D eigenvalue weighted by Crippen LogP contribution is 2.03. The van der Waals surface area contributed by atoms with E-state index in [0.29, 0.717) is 10.7 Å². The molecule has 0 spiro atoms. The van der Waals surface area contributed by atoms with Crippen LogP contribution in [0.2, 0.25) is 0 Å². The van der Waals surface area contributed by atoms with E-state index in [1.807, 2.05) is 6.92 Å². The third kappa shape index (κ3) is 3.57. The average molecular weight is 172 g/mol. The standard InChI is InChI=1S/C7H10ClN3/c1-2-3-7(11-5-10)6(8)4-9/h2-5,10H,9H2,1H3/b3-2-,6-4-,10-5?,11-7-. The van der Waals surface area contributed by atoms with Crippen LogP contribution in [-0.4, -0.2) is 12.1 Å². The summed E-state index contributed by atoms with van der Waals surface area (Å²) in [6.07, 6.45) is 5.61. The lowest BCUT2D eigenvalue weighted by Crippen LogP contribution is -1.96. The van der Waals surface area contributed by atoms with Gasteiger partial charge < -0.3 is 5.73 Å². The Labute approximate surface area is 70.8 Å². The second-order valence-electron chi connectivity index (χ2n) is 1.66. The number of nitrogens with zero attached hydrogens (tertiary/aromatic N) is 1. The third-order valence-electron chi connectivity index (χ3n) is 0.919. The summed E-state index contributed by atoms with van der Waals surface area (Å²) < 4.78 is 0. The van der Waals surface area contributed by atoms with E-state index in [1.165, 1.54) is 6.20 Å². The van der Waals surface area contributed by atoms with Crippen LogP contribution in [0.25, 0.3) is 0 Å². The van der Waals surface area contributed by atoms with Crippen molar-refractivity contribution in [2.24, 2.45) is 10.7 Å². The SMILES string of the molecule is C\C=C/C(=N/C=N)C(/Cl)=C/N. The molecule has 0 atom stereocenters. The molecule has 0 rings (SSSR count). The van der Waals surface area contributed by atoms with Gasteiger partial charge >= 0.3 is 0 Å². The van der Waals surface area contributed by atoms with Crippen LogP contribution in [0.3, 0.4) is 0 Å². The molecule has 3 nitrogen and oxygen atoms in total. The van der Waals surface area contributed by atoms with Crippen molar-refractivity contribution in [2.45, 2.75) is 6.92 Å². The highest BCUT2D eigenvalue weighted by molar-refractivity contribution is 6.45. The summed E-state index contributed by atoms with van der Waals surface area (Å²) in [7, 11) is 0. The van der Waals surface area contributed by atoms with Gasteiger partial charge in [0.15, 0.2) is 0 Å². The van der Waals surface area contributed by atoms with Crippen LogP contribution in [0, 0.1) is 5.41 Å². The quantitative estimate of drug-likeness (QED) is 0.492. The molecule has 0 amide bonds. The fourth-order valence-corrected chi connectivity index (χ4v) is 0.609. The van der Waals surface area contributed by atoms with Gasteiger partial charge in [-0.05, 0) is 13.0 Å². The smallest absolute Gasteiger partial charge is 0.107 e. The molecule has 0 aliphatic rings. The molecule has 0 heterocycles. The van der Waals surface area contributed by atoms with Gasteiger partial charge in [-0.2, -0.15) is 0 Å². The molecule has 0 unspecified atom stereocenters. The van der Waals surface area contributed by atoms with Crippen molar-refractivity contribution in [1.29, 1.82) is 5.41 Å². The highest BCUT2D eigenvalue weighted by Gasteiger charge is 1.96. The summed E-state index contributed by atoms with van der Waals surface area (Å²) in [6, 6.07) is 0. The van der Waals surface area contributed by atoms with Crippen LogP contribution < -0.4 is 5.73 Å². The molecule has 0 aromatic rings. The number of allylic oxidation sites excluding steroid dienone is 3. The Morgan fingerprint density at radius 1 is 1.64 bits per heavy atom. The van der Waals surface area contributed by atoms with Gasteiger partial charge in [-0.15, -0.1) is 0 Å². The van der Waals surface area contributed by atoms with Gasteiger partial charge in [0.2, 0.25) is 0 Å². The maximum Gasteiger partial charge on any atom is 0.107 e. The Hall–Kier alpha value is -1.09. The van der Waals surface area contributed by atoms with Crippen LogP contribution in [0.15, 0.2) is 28.4 Å². The molecule has 0 bridgehead atoms. The first kappa shape index (κ1) is 9.91. The number of nitrogens with one attached hydrogen (secondary N) is 1. The minimum absolute atomic E-state index is 0.339. The lowest BCUT2D eigenvalue weighted by Gasteiger charge is -1.93. The largest absolute Gasteiger partial charge is 0.403 e. The predicted octanol–water partition coefficient (Wildman–Crippen LogP) is 1.65. The molecule has 3 N–H and O–H groups in total. The molecule has 0 saturated heterocycles. The van der Waals surface area contributed by atoms with Crippen LogP contribution in [0.5, 0.6) is 0 Å². The Bertz CT molecular complexity index is 216. The summed E-state index contributed by atoms with van der Waals surface area (Å²) in [5.74, 6) is 0. The van der Waals surface area contributed by atoms with E-state index in [1.54, 1.807) is 12.2 Å². The van der Waals surface area contributed by atoms with Crippen LogP contribution in [0.4, 0.5) is 0 Å². The molecule has 0 fully saturated rings. The Morgan fingerprint density at radius 3 is 2.64 bits per heavy atom. The molecule has 0 radical (unpaired) electrons. The van der Waals surface area contributed by atoms with E-state index >= 15 is 0 Å². The first-order valence-electron chi connectivity index (χ1n) is 3.03. The molecule has 0 saturated carbocycles. The maximum atomic E-state index is 6.71. The molecular formula is C7H10ClN3. The Kier molecular flexibility index (Phi) is 5.11. The van der Waals surface area contributed by atoms with Gasteiger partial charge in [0.1, 0.15) is 6.34 Å². The number of hydrogen-bond acceptors (Lipinski definition) is 2. The van der Waals surface area contributed by atoms with E-state index in [-0.39, 0.29) is 0 Å². The molecule has 11 heavy (non-hydrogen) atoms. The third-order valence-corrected chi connectivity index (χ3v) is 1.24. The number of aliphatic imine (C=N–C) groups is 1. The van der Waals surface area contributed by atoms with Crippen LogP contribution in [0.1, 0.15) is 6.92 Å². The van der Waals surface area contributed by atoms with Gasteiger partial charge in [0.25, 0.3) is 0 Å². The summed E-state index contributed by atoms with van der Waals surface area (Å²) in [6.45, 7) is 1.83.